The van der Waals surface area contributed by atoms with Crippen molar-refractivity contribution in [3.05, 3.63) is 88.5 Å². The molecule has 1 aromatic heterocycles. The fourth-order valence-electron chi connectivity index (χ4n) is 4.33. The van der Waals surface area contributed by atoms with Crippen molar-refractivity contribution in [3.63, 3.8) is 0 Å². The van der Waals surface area contributed by atoms with Crippen LogP contribution in [0, 0.1) is 6.92 Å². The van der Waals surface area contributed by atoms with Gasteiger partial charge in [0.15, 0.2) is 0 Å². The van der Waals surface area contributed by atoms with Gasteiger partial charge in [-0.1, -0.05) is 24.3 Å². The summed E-state index contributed by atoms with van der Waals surface area (Å²) in [5, 5.41) is 3.40. The van der Waals surface area contributed by atoms with Gasteiger partial charge < -0.3 is 24.4 Å². The molecule has 4 rings (SSSR count). The number of hydrogen-bond donors (Lipinski definition) is 1. The van der Waals surface area contributed by atoms with Crippen molar-refractivity contribution in [2.75, 3.05) is 39.8 Å². The van der Waals surface area contributed by atoms with E-state index in [1.807, 2.05) is 38.1 Å². The summed E-state index contributed by atoms with van der Waals surface area (Å²) in [5.41, 5.74) is 2.38. The van der Waals surface area contributed by atoms with E-state index in [0.29, 0.717) is 46.2 Å². The standard InChI is InChI=1S/C29H32N4O5/c1-19-13-14-26(38-5)25(17-19)33-27(31-24-12-7-6-11-23(24)28(33)34)20(2)32(15-16-36-3)29(35)30-21-9-8-10-22(18-21)37-4/h6-14,17-18,20H,15-16H2,1-5H3,(H,30,35). The summed E-state index contributed by atoms with van der Waals surface area (Å²) < 4.78 is 17.7. The molecule has 0 aliphatic heterocycles. The molecule has 0 saturated heterocycles. The van der Waals surface area contributed by atoms with Crippen molar-refractivity contribution >= 4 is 22.6 Å². The molecule has 3 aromatic carbocycles. The lowest BCUT2D eigenvalue weighted by Crippen LogP contribution is -2.41. The van der Waals surface area contributed by atoms with Gasteiger partial charge in [-0.25, -0.2) is 9.78 Å². The van der Waals surface area contributed by atoms with Crippen LogP contribution in [0.5, 0.6) is 11.5 Å². The lowest BCUT2D eigenvalue weighted by atomic mass is 10.1. The third-order valence-electron chi connectivity index (χ3n) is 6.34. The highest BCUT2D eigenvalue weighted by atomic mass is 16.5. The Kier molecular flexibility index (Phi) is 8.28. The molecule has 0 spiro atoms. The van der Waals surface area contributed by atoms with E-state index in [9.17, 15) is 9.59 Å². The average molecular weight is 517 g/mol. The predicted octanol–water partition coefficient (Wildman–Crippen LogP) is 4.95. The Bertz CT molecular complexity index is 1500. The molecular formula is C29H32N4O5. The largest absolute Gasteiger partial charge is 0.497 e. The van der Waals surface area contributed by atoms with E-state index in [4.69, 9.17) is 19.2 Å². The molecule has 198 valence electrons. The van der Waals surface area contributed by atoms with Crippen LogP contribution in [0.1, 0.15) is 24.4 Å². The topological polar surface area (TPSA) is 94.9 Å². The minimum atomic E-state index is -0.613. The van der Waals surface area contributed by atoms with Crippen LogP contribution in [0.3, 0.4) is 0 Å². The number of para-hydroxylation sites is 1. The second-order valence-electron chi connectivity index (χ2n) is 8.83. The van der Waals surface area contributed by atoms with Crippen LogP contribution in [0.4, 0.5) is 10.5 Å². The monoisotopic (exact) mass is 516 g/mol. The van der Waals surface area contributed by atoms with Crippen LogP contribution in [0.2, 0.25) is 0 Å². The number of nitrogens with zero attached hydrogens (tertiary/aromatic N) is 3. The van der Waals surface area contributed by atoms with Gasteiger partial charge in [-0.2, -0.15) is 0 Å². The maximum Gasteiger partial charge on any atom is 0.322 e. The Hall–Kier alpha value is -4.37. The first kappa shape index (κ1) is 26.7. The third kappa shape index (κ3) is 5.47. The fraction of sp³-hybridized carbons (Fsp3) is 0.276. The van der Waals surface area contributed by atoms with Crippen molar-refractivity contribution < 1.29 is 19.0 Å². The number of ether oxygens (including phenoxy) is 3. The van der Waals surface area contributed by atoms with Crippen molar-refractivity contribution in [1.82, 2.24) is 14.5 Å². The molecule has 1 unspecified atom stereocenters. The number of benzene rings is 3. The number of amides is 2. The molecule has 38 heavy (non-hydrogen) atoms. The molecular weight excluding hydrogens is 484 g/mol. The minimum absolute atomic E-state index is 0.249. The average Bonchev–Trinajstić information content (AvgIpc) is 2.93. The maximum absolute atomic E-state index is 13.9. The molecule has 0 aliphatic rings. The Labute approximate surface area is 221 Å². The van der Waals surface area contributed by atoms with Crippen LogP contribution in [-0.2, 0) is 4.74 Å². The number of methoxy groups -OCH3 is 3. The van der Waals surface area contributed by atoms with Gasteiger partial charge in [-0.05, 0) is 55.8 Å². The first-order valence-corrected chi connectivity index (χ1v) is 12.2. The quantitative estimate of drug-likeness (QED) is 0.338. The molecule has 9 heteroatoms. The Morgan fingerprint density at radius 2 is 1.82 bits per heavy atom. The number of rotatable bonds is 9. The summed E-state index contributed by atoms with van der Waals surface area (Å²) in [6, 6.07) is 18.9. The lowest BCUT2D eigenvalue weighted by Gasteiger charge is -2.30. The molecule has 0 fully saturated rings. The summed E-state index contributed by atoms with van der Waals surface area (Å²) in [6.07, 6.45) is 0. The zero-order valence-corrected chi connectivity index (χ0v) is 22.2. The summed E-state index contributed by atoms with van der Waals surface area (Å²) in [5.74, 6) is 1.54. The van der Waals surface area contributed by atoms with Gasteiger partial charge in [0.05, 0.1) is 43.5 Å². The second kappa shape index (κ2) is 11.8. The molecule has 0 radical (unpaired) electrons. The van der Waals surface area contributed by atoms with E-state index >= 15 is 0 Å². The number of urea groups is 1. The molecule has 0 bridgehead atoms. The summed E-state index contributed by atoms with van der Waals surface area (Å²) >= 11 is 0. The van der Waals surface area contributed by atoms with E-state index in [2.05, 4.69) is 5.32 Å². The van der Waals surface area contributed by atoms with Crippen LogP contribution in [0.15, 0.2) is 71.5 Å². The van der Waals surface area contributed by atoms with Gasteiger partial charge in [0.2, 0.25) is 0 Å². The summed E-state index contributed by atoms with van der Waals surface area (Å²) in [6.45, 7) is 4.34. The summed E-state index contributed by atoms with van der Waals surface area (Å²) in [7, 11) is 4.70. The van der Waals surface area contributed by atoms with Gasteiger partial charge in [0, 0.05) is 25.4 Å². The maximum atomic E-state index is 13.9. The number of nitrogens with one attached hydrogen (secondary N) is 1. The van der Waals surface area contributed by atoms with Crippen LogP contribution < -0.4 is 20.3 Å². The number of fused-ring (bicyclic) bond motifs is 1. The highest BCUT2D eigenvalue weighted by Gasteiger charge is 2.28. The highest BCUT2D eigenvalue weighted by Crippen LogP contribution is 2.29. The van der Waals surface area contributed by atoms with E-state index in [1.165, 1.54) is 4.57 Å². The molecule has 1 heterocycles. The van der Waals surface area contributed by atoms with Crippen molar-refractivity contribution in [2.45, 2.75) is 19.9 Å². The van der Waals surface area contributed by atoms with Crippen molar-refractivity contribution in [1.29, 1.82) is 0 Å². The van der Waals surface area contributed by atoms with Gasteiger partial charge in [0.1, 0.15) is 17.3 Å². The molecule has 0 aliphatic carbocycles. The number of aryl methyl sites for hydroxylation is 1. The van der Waals surface area contributed by atoms with E-state index in [-0.39, 0.29) is 18.1 Å². The van der Waals surface area contributed by atoms with Gasteiger partial charge in [-0.15, -0.1) is 0 Å². The first-order valence-electron chi connectivity index (χ1n) is 12.2. The van der Waals surface area contributed by atoms with E-state index in [0.717, 1.165) is 5.56 Å². The van der Waals surface area contributed by atoms with E-state index in [1.54, 1.807) is 68.7 Å². The zero-order chi connectivity index (χ0) is 27.2. The van der Waals surface area contributed by atoms with E-state index < -0.39 is 6.04 Å². The number of carbonyl (C=O) groups excluding carboxylic acids is 1. The van der Waals surface area contributed by atoms with Gasteiger partial charge in [-0.3, -0.25) is 9.36 Å². The number of hydrogen-bond acceptors (Lipinski definition) is 6. The SMILES string of the molecule is COCCN(C(=O)Nc1cccc(OC)c1)C(C)c1nc2ccccc2c(=O)n1-c1cc(C)ccc1OC. The van der Waals surface area contributed by atoms with Crippen LogP contribution in [-0.4, -0.2) is 55.0 Å². The molecule has 1 N–H and O–H groups in total. The molecule has 1 atom stereocenters. The molecule has 2 amide bonds. The van der Waals surface area contributed by atoms with Crippen molar-refractivity contribution in [2.24, 2.45) is 0 Å². The zero-order valence-electron chi connectivity index (χ0n) is 22.2. The Balaban J connectivity index is 1.86. The number of anilines is 1. The normalized spacial score (nSPS) is 11.7. The number of aromatic nitrogens is 2. The highest BCUT2D eigenvalue weighted by molar-refractivity contribution is 5.90. The first-order chi connectivity index (χ1) is 18.4. The molecule has 0 saturated carbocycles. The minimum Gasteiger partial charge on any atom is -0.497 e. The molecule has 4 aromatic rings. The van der Waals surface area contributed by atoms with Gasteiger partial charge >= 0.3 is 6.03 Å². The third-order valence-corrected chi connectivity index (χ3v) is 6.34. The van der Waals surface area contributed by atoms with Crippen molar-refractivity contribution in [3.8, 4) is 17.2 Å². The van der Waals surface area contributed by atoms with Gasteiger partial charge in [0.25, 0.3) is 5.56 Å². The lowest BCUT2D eigenvalue weighted by molar-refractivity contribution is 0.137. The Morgan fingerprint density at radius 3 is 2.55 bits per heavy atom. The Morgan fingerprint density at radius 1 is 1.03 bits per heavy atom. The second-order valence-corrected chi connectivity index (χ2v) is 8.83. The predicted molar refractivity (Wildman–Crippen MR) is 148 cm³/mol. The van der Waals surface area contributed by atoms with Crippen LogP contribution >= 0.6 is 0 Å². The number of carbonyl (C=O) groups is 1. The van der Waals surface area contributed by atoms with Crippen LogP contribution in [0.25, 0.3) is 16.6 Å². The summed E-state index contributed by atoms with van der Waals surface area (Å²) in [4.78, 5) is 34.0. The molecule has 9 nitrogen and oxygen atoms in total. The smallest absolute Gasteiger partial charge is 0.322 e. The fourth-order valence-corrected chi connectivity index (χ4v) is 4.33.